The van der Waals surface area contributed by atoms with Crippen LogP contribution in [0.3, 0.4) is 0 Å². The molecule has 1 aromatic heterocycles. The van der Waals surface area contributed by atoms with Crippen LogP contribution in [0.1, 0.15) is 25.0 Å². The maximum absolute atomic E-state index is 8.02. The van der Waals surface area contributed by atoms with E-state index in [4.69, 9.17) is 38.3 Å². The number of pyridine rings is 1. The van der Waals surface area contributed by atoms with E-state index in [1.54, 1.807) is 20.2 Å². The number of aryl methyl sites for hydroxylation is 1. The van der Waals surface area contributed by atoms with Crippen molar-refractivity contribution >= 4 is 34.0 Å². The molecular weight excluding hydrogens is 374 g/mol. The Balaban J connectivity index is 2.21. The lowest BCUT2D eigenvalue weighted by Gasteiger charge is -2.32. The Hall–Kier alpha value is -2.69. The first-order valence-corrected chi connectivity index (χ1v) is 9.12. The van der Waals surface area contributed by atoms with Crippen molar-refractivity contribution in [3.8, 4) is 18.1 Å². The van der Waals surface area contributed by atoms with Gasteiger partial charge in [0.1, 0.15) is 22.4 Å². The van der Waals surface area contributed by atoms with Crippen molar-refractivity contribution < 1.29 is 14.2 Å². The van der Waals surface area contributed by atoms with Gasteiger partial charge in [-0.15, -0.1) is 6.42 Å². The molecule has 2 rings (SSSR count). The molecule has 0 saturated heterocycles. The van der Waals surface area contributed by atoms with Gasteiger partial charge in [0.15, 0.2) is 0 Å². The van der Waals surface area contributed by atoms with E-state index < -0.39 is 11.6 Å². The summed E-state index contributed by atoms with van der Waals surface area (Å²) in [5.74, 6) is 3.28. The zero-order chi connectivity index (χ0) is 20.9. The lowest BCUT2D eigenvalue weighted by molar-refractivity contribution is 0.145. The SMILES string of the molecule is C#Cc1cnc2c(C)cc(OC(C)C(=S)NC(C)(COC)C(=N)OC)cc2c1. The number of ether oxygens (including phenoxy) is 3. The van der Waals surface area contributed by atoms with Crippen LogP contribution < -0.4 is 10.1 Å². The highest BCUT2D eigenvalue weighted by molar-refractivity contribution is 7.80. The summed E-state index contributed by atoms with van der Waals surface area (Å²) >= 11 is 5.49. The average molecular weight is 400 g/mol. The maximum Gasteiger partial charge on any atom is 0.208 e. The van der Waals surface area contributed by atoms with Crippen LogP contribution in [0.15, 0.2) is 24.4 Å². The minimum absolute atomic E-state index is 0.0262. The van der Waals surface area contributed by atoms with Crippen LogP contribution in [0.25, 0.3) is 10.9 Å². The molecule has 7 heteroatoms. The molecule has 28 heavy (non-hydrogen) atoms. The number of fused-ring (bicyclic) bond motifs is 1. The number of hydrogen-bond acceptors (Lipinski definition) is 6. The van der Waals surface area contributed by atoms with Gasteiger partial charge in [0.2, 0.25) is 5.90 Å². The monoisotopic (exact) mass is 399 g/mol. The lowest BCUT2D eigenvalue weighted by atomic mass is 10.0. The second kappa shape index (κ2) is 9.00. The quantitative estimate of drug-likeness (QED) is 0.322. The van der Waals surface area contributed by atoms with Gasteiger partial charge in [0.05, 0.1) is 19.2 Å². The highest BCUT2D eigenvalue weighted by Gasteiger charge is 2.33. The van der Waals surface area contributed by atoms with Crippen LogP contribution in [0.2, 0.25) is 0 Å². The van der Waals surface area contributed by atoms with E-state index in [1.807, 2.05) is 32.0 Å². The predicted octanol–water partition coefficient (Wildman–Crippen LogP) is 3.24. The molecule has 2 unspecified atom stereocenters. The molecule has 0 aliphatic carbocycles. The van der Waals surface area contributed by atoms with Crippen LogP contribution in [0.5, 0.6) is 5.75 Å². The Bertz CT molecular complexity index is 938. The first kappa shape index (κ1) is 21.6. The minimum Gasteiger partial charge on any atom is -0.484 e. The molecule has 0 radical (unpaired) electrons. The van der Waals surface area contributed by atoms with E-state index in [-0.39, 0.29) is 12.5 Å². The Morgan fingerprint density at radius 2 is 2.11 bits per heavy atom. The fourth-order valence-corrected chi connectivity index (χ4v) is 3.12. The highest BCUT2D eigenvalue weighted by atomic mass is 32.1. The van der Waals surface area contributed by atoms with Crippen molar-refractivity contribution in [1.29, 1.82) is 5.41 Å². The molecule has 1 heterocycles. The summed E-state index contributed by atoms with van der Waals surface area (Å²) < 4.78 is 16.3. The summed E-state index contributed by atoms with van der Waals surface area (Å²) in [7, 11) is 3.00. The van der Waals surface area contributed by atoms with E-state index in [2.05, 4.69) is 16.2 Å². The van der Waals surface area contributed by atoms with Crippen LogP contribution in [0.4, 0.5) is 0 Å². The number of nitrogens with zero attached hydrogens (tertiary/aromatic N) is 1. The number of aromatic nitrogens is 1. The second-order valence-corrected chi connectivity index (χ2v) is 7.17. The van der Waals surface area contributed by atoms with Gasteiger partial charge in [-0.3, -0.25) is 10.4 Å². The molecule has 2 aromatic rings. The van der Waals surface area contributed by atoms with Gasteiger partial charge in [-0.25, -0.2) is 0 Å². The third kappa shape index (κ3) is 4.77. The largest absolute Gasteiger partial charge is 0.484 e. The summed E-state index contributed by atoms with van der Waals surface area (Å²) in [5, 5.41) is 12.1. The molecular formula is C21H25N3O3S. The van der Waals surface area contributed by atoms with Crippen LogP contribution >= 0.6 is 12.2 Å². The molecule has 2 atom stereocenters. The predicted molar refractivity (Wildman–Crippen MR) is 115 cm³/mol. The second-order valence-electron chi connectivity index (χ2n) is 6.73. The lowest BCUT2D eigenvalue weighted by Crippen LogP contribution is -2.57. The summed E-state index contributed by atoms with van der Waals surface area (Å²) in [6, 6.07) is 5.70. The molecule has 148 valence electrons. The number of methoxy groups -OCH3 is 2. The Labute approximate surface area is 171 Å². The Morgan fingerprint density at radius 1 is 1.39 bits per heavy atom. The smallest absolute Gasteiger partial charge is 0.208 e. The van der Waals surface area contributed by atoms with Gasteiger partial charge in [0.25, 0.3) is 0 Å². The molecule has 0 aliphatic heterocycles. The maximum atomic E-state index is 8.02. The van der Waals surface area contributed by atoms with E-state index >= 15 is 0 Å². The van der Waals surface area contributed by atoms with Crippen molar-refractivity contribution in [1.82, 2.24) is 10.3 Å². The van der Waals surface area contributed by atoms with Crippen LogP contribution in [0, 0.1) is 24.7 Å². The van der Waals surface area contributed by atoms with Gasteiger partial charge in [0, 0.05) is 24.3 Å². The fourth-order valence-electron chi connectivity index (χ4n) is 2.85. The Kier molecular flexibility index (Phi) is 6.95. The minimum atomic E-state index is -0.886. The van der Waals surface area contributed by atoms with Crippen molar-refractivity contribution in [2.45, 2.75) is 32.4 Å². The van der Waals surface area contributed by atoms with E-state index in [0.717, 1.165) is 16.5 Å². The molecule has 2 N–H and O–H groups in total. The van der Waals surface area contributed by atoms with Crippen LogP contribution in [-0.2, 0) is 9.47 Å². The normalized spacial score (nSPS) is 13.9. The van der Waals surface area contributed by atoms with E-state index in [9.17, 15) is 0 Å². The summed E-state index contributed by atoms with van der Waals surface area (Å²) in [5.41, 5.74) is 1.68. The highest BCUT2D eigenvalue weighted by Crippen LogP contribution is 2.25. The van der Waals surface area contributed by atoms with Gasteiger partial charge in [-0.2, -0.15) is 0 Å². The fraction of sp³-hybridized carbons (Fsp3) is 0.381. The standard InChI is InChI=1S/C21H25N3O3S/c1-7-15-9-16-10-17(8-13(2)18(16)23-11-15)27-14(3)19(28)24-21(4,12-25-5)20(22)26-6/h1,8-11,14,22H,12H2,2-6H3,(H,24,28). The molecule has 1 aromatic carbocycles. The van der Waals surface area contributed by atoms with Gasteiger partial charge in [-0.05, 0) is 44.5 Å². The molecule has 0 bridgehead atoms. The van der Waals surface area contributed by atoms with Crippen LogP contribution in [-0.4, -0.2) is 48.3 Å². The molecule has 0 amide bonds. The van der Waals surface area contributed by atoms with E-state index in [1.165, 1.54) is 7.11 Å². The number of hydrogen-bond donors (Lipinski definition) is 2. The summed E-state index contributed by atoms with van der Waals surface area (Å²) in [6.07, 6.45) is 6.72. The van der Waals surface area contributed by atoms with Crippen molar-refractivity contribution in [3.63, 3.8) is 0 Å². The van der Waals surface area contributed by atoms with Gasteiger partial charge in [-0.1, -0.05) is 18.1 Å². The zero-order valence-corrected chi connectivity index (χ0v) is 17.6. The number of rotatable bonds is 7. The number of nitrogens with one attached hydrogen (secondary N) is 2. The third-order valence-electron chi connectivity index (χ3n) is 4.33. The zero-order valence-electron chi connectivity index (χ0n) is 16.8. The summed E-state index contributed by atoms with van der Waals surface area (Å²) in [6.45, 7) is 5.82. The molecule has 0 fully saturated rings. The Morgan fingerprint density at radius 3 is 2.71 bits per heavy atom. The number of thiocarbonyl (C=S) groups is 1. The first-order chi connectivity index (χ1) is 13.2. The van der Waals surface area contributed by atoms with E-state index in [0.29, 0.717) is 16.3 Å². The number of terminal acetylenes is 1. The molecule has 0 aliphatic rings. The average Bonchev–Trinajstić information content (AvgIpc) is 2.66. The van der Waals surface area contributed by atoms with Crippen molar-refractivity contribution in [2.24, 2.45) is 0 Å². The van der Waals surface area contributed by atoms with Gasteiger partial charge < -0.3 is 19.5 Å². The molecule has 0 spiro atoms. The third-order valence-corrected chi connectivity index (χ3v) is 4.77. The molecule has 0 saturated carbocycles. The van der Waals surface area contributed by atoms with Crippen molar-refractivity contribution in [3.05, 3.63) is 35.5 Å². The topological polar surface area (TPSA) is 76.5 Å². The molecule has 6 nitrogen and oxygen atoms in total. The summed E-state index contributed by atoms with van der Waals surface area (Å²) in [4.78, 5) is 4.86. The first-order valence-electron chi connectivity index (χ1n) is 8.71. The number of benzene rings is 1. The van der Waals surface area contributed by atoms with Gasteiger partial charge >= 0.3 is 0 Å². The van der Waals surface area contributed by atoms with Crippen molar-refractivity contribution in [2.75, 3.05) is 20.8 Å².